The molecular weight excluding hydrogens is 631 g/mol. The zero-order chi connectivity index (χ0) is 37.6. The quantitative estimate of drug-likeness (QED) is 0.0473. The van der Waals surface area contributed by atoms with Crippen molar-refractivity contribution in [3.8, 4) is 0 Å². The van der Waals surface area contributed by atoms with Gasteiger partial charge in [-0.05, 0) is 38.5 Å². The summed E-state index contributed by atoms with van der Waals surface area (Å²) in [5, 5.41) is 33.7. The summed E-state index contributed by atoms with van der Waals surface area (Å²) in [5.41, 5.74) is 0. The molecule has 0 saturated carbocycles. The largest absolute Gasteiger partial charge is 0.394 e. The van der Waals surface area contributed by atoms with Gasteiger partial charge in [-0.2, -0.15) is 0 Å². The molecule has 5 unspecified atom stereocenters. The monoisotopic (exact) mass is 724 g/mol. The highest BCUT2D eigenvalue weighted by molar-refractivity contribution is 5.76. The molecule has 51 heavy (non-hydrogen) atoms. The van der Waals surface area contributed by atoms with Crippen LogP contribution < -0.4 is 5.32 Å². The average Bonchev–Trinajstić information content (AvgIpc) is 3.12. The first-order chi connectivity index (χ1) is 24.9. The van der Waals surface area contributed by atoms with Crippen molar-refractivity contribution in [2.75, 3.05) is 6.61 Å². The number of hydrogen-bond acceptors (Lipinski definition) is 4. The third-order valence-corrected chi connectivity index (χ3v) is 11.6. The number of carbonyl (C=O) groups is 1. The lowest BCUT2D eigenvalue weighted by Crippen LogP contribution is -2.48. The van der Waals surface area contributed by atoms with Gasteiger partial charge in [-0.1, -0.05) is 213 Å². The Labute approximate surface area is 319 Å². The summed E-state index contributed by atoms with van der Waals surface area (Å²) in [7, 11) is 0. The first-order valence-corrected chi connectivity index (χ1v) is 23.1. The minimum absolute atomic E-state index is 0.0195. The SMILES string of the molecule is CCCCCCCCCCCCCCCCCCCCCCC(=O)NC(CO)C(CC)C(O)C(C)CCCCCCCCCCCCCC(C)O. The van der Waals surface area contributed by atoms with Crippen molar-refractivity contribution in [1.82, 2.24) is 5.32 Å². The normalized spacial score (nSPS) is 14.7. The maximum atomic E-state index is 12.7. The molecule has 4 N–H and O–H groups in total. The van der Waals surface area contributed by atoms with Crippen LogP contribution in [-0.2, 0) is 4.79 Å². The van der Waals surface area contributed by atoms with Gasteiger partial charge >= 0.3 is 0 Å². The van der Waals surface area contributed by atoms with Crippen molar-refractivity contribution in [2.45, 2.75) is 271 Å². The molecule has 5 atom stereocenters. The van der Waals surface area contributed by atoms with E-state index in [1.807, 2.05) is 6.92 Å². The Bertz CT molecular complexity index is 701. The molecule has 0 saturated heterocycles. The number of nitrogens with one attached hydrogen (secondary N) is 1. The molecule has 0 radical (unpaired) electrons. The maximum Gasteiger partial charge on any atom is 0.220 e. The van der Waals surface area contributed by atoms with Crippen molar-refractivity contribution >= 4 is 5.91 Å². The van der Waals surface area contributed by atoms with E-state index in [0.717, 1.165) is 44.9 Å². The zero-order valence-electron chi connectivity index (χ0n) is 35.1. The van der Waals surface area contributed by atoms with E-state index in [1.54, 1.807) is 0 Å². The Kier molecular flexibility index (Phi) is 38.6. The molecule has 0 aromatic carbocycles. The minimum atomic E-state index is -0.507. The van der Waals surface area contributed by atoms with Crippen molar-refractivity contribution in [3.05, 3.63) is 0 Å². The van der Waals surface area contributed by atoms with Crippen LogP contribution in [-0.4, -0.2) is 46.1 Å². The molecule has 0 rings (SSSR count). The molecule has 0 fully saturated rings. The summed E-state index contributed by atoms with van der Waals surface area (Å²) in [6, 6.07) is -0.372. The molecule has 0 bridgehead atoms. The van der Waals surface area contributed by atoms with Crippen LogP contribution in [0.3, 0.4) is 0 Å². The molecule has 1 amide bonds. The lowest BCUT2D eigenvalue weighted by Gasteiger charge is -2.33. The van der Waals surface area contributed by atoms with E-state index in [9.17, 15) is 20.1 Å². The molecule has 0 aliphatic rings. The Morgan fingerprint density at radius 2 is 0.824 bits per heavy atom. The number of aliphatic hydroxyl groups is 3. The van der Waals surface area contributed by atoms with Gasteiger partial charge in [0.2, 0.25) is 5.91 Å². The van der Waals surface area contributed by atoms with Crippen LogP contribution >= 0.6 is 0 Å². The molecule has 0 aliphatic heterocycles. The molecule has 0 aliphatic carbocycles. The van der Waals surface area contributed by atoms with E-state index in [0.29, 0.717) is 6.42 Å². The number of carbonyl (C=O) groups excluding carboxylic acids is 1. The molecule has 306 valence electrons. The van der Waals surface area contributed by atoms with Crippen molar-refractivity contribution in [2.24, 2.45) is 11.8 Å². The molecular formula is C46H93NO4. The Hall–Kier alpha value is -0.650. The van der Waals surface area contributed by atoms with E-state index < -0.39 is 6.10 Å². The second-order valence-corrected chi connectivity index (χ2v) is 16.7. The fourth-order valence-electron chi connectivity index (χ4n) is 7.96. The number of rotatable bonds is 41. The second-order valence-electron chi connectivity index (χ2n) is 16.7. The van der Waals surface area contributed by atoms with Crippen molar-refractivity contribution < 1.29 is 20.1 Å². The zero-order valence-corrected chi connectivity index (χ0v) is 35.1. The van der Waals surface area contributed by atoms with E-state index in [2.05, 4.69) is 26.1 Å². The van der Waals surface area contributed by atoms with Crippen LogP contribution in [0, 0.1) is 11.8 Å². The van der Waals surface area contributed by atoms with Gasteiger partial charge in [0.15, 0.2) is 0 Å². The van der Waals surface area contributed by atoms with Gasteiger partial charge in [0.1, 0.15) is 0 Å². The Balaban J connectivity index is 3.79. The smallest absolute Gasteiger partial charge is 0.220 e. The highest BCUT2D eigenvalue weighted by atomic mass is 16.3. The Morgan fingerprint density at radius 1 is 0.490 bits per heavy atom. The highest BCUT2D eigenvalue weighted by Crippen LogP contribution is 2.25. The van der Waals surface area contributed by atoms with E-state index >= 15 is 0 Å². The molecule has 5 heteroatoms. The third-order valence-electron chi connectivity index (χ3n) is 11.6. The minimum Gasteiger partial charge on any atom is -0.394 e. The summed E-state index contributed by atoms with van der Waals surface area (Å²) < 4.78 is 0. The van der Waals surface area contributed by atoms with Gasteiger partial charge in [0.05, 0.1) is 24.9 Å². The molecule has 0 spiro atoms. The molecule has 0 aromatic heterocycles. The maximum absolute atomic E-state index is 12.7. The van der Waals surface area contributed by atoms with Crippen LogP contribution in [0.5, 0.6) is 0 Å². The average molecular weight is 724 g/mol. The lowest BCUT2D eigenvalue weighted by atomic mass is 9.82. The van der Waals surface area contributed by atoms with Gasteiger partial charge in [0, 0.05) is 12.3 Å². The number of aliphatic hydroxyl groups excluding tert-OH is 3. The lowest BCUT2D eigenvalue weighted by molar-refractivity contribution is -0.123. The van der Waals surface area contributed by atoms with Crippen LogP contribution in [0.1, 0.15) is 252 Å². The Morgan fingerprint density at radius 3 is 1.16 bits per heavy atom. The summed E-state index contributed by atoms with van der Waals surface area (Å²) in [5.74, 6) is 0.0706. The van der Waals surface area contributed by atoms with Crippen LogP contribution in [0.2, 0.25) is 0 Å². The topological polar surface area (TPSA) is 89.8 Å². The van der Waals surface area contributed by atoms with Crippen LogP contribution in [0.4, 0.5) is 0 Å². The first-order valence-electron chi connectivity index (χ1n) is 23.1. The fourth-order valence-corrected chi connectivity index (χ4v) is 7.96. The van der Waals surface area contributed by atoms with Gasteiger partial charge in [-0.15, -0.1) is 0 Å². The number of hydrogen-bond donors (Lipinski definition) is 4. The molecule has 0 heterocycles. The third kappa shape index (κ3) is 33.6. The standard InChI is InChI=1S/C46H93NO4/c1-5-7-8-9-10-11-12-13-14-15-16-17-18-19-20-24-27-30-33-36-39-45(50)47-44(40-48)43(6-2)46(51)41(3)37-34-31-28-25-22-21-23-26-29-32-35-38-42(4)49/h41-44,46,48-49,51H,5-40H2,1-4H3,(H,47,50). The number of unbranched alkanes of at least 4 members (excludes halogenated alkanes) is 29. The highest BCUT2D eigenvalue weighted by Gasteiger charge is 2.30. The van der Waals surface area contributed by atoms with Crippen molar-refractivity contribution in [1.29, 1.82) is 0 Å². The summed E-state index contributed by atoms with van der Waals surface area (Å²) in [4.78, 5) is 12.7. The summed E-state index contributed by atoms with van der Waals surface area (Å²) in [6.45, 7) is 8.24. The van der Waals surface area contributed by atoms with Crippen LogP contribution in [0.25, 0.3) is 0 Å². The fraction of sp³-hybridized carbons (Fsp3) is 0.978. The van der Waals surface area contributed by atoms with E-state index in [-0.39, 0.29) is 36.5 Å². The predicted molar refractivity (Wildman–Crippen MR) is 222 cm³/mol. The van der Waals surface area contributed by atoms with Crippen LogP contribution in [0.15, 0.2) is 0 Å². The van der Waals surface area contributed by atoms with Gasteiger partial charge in [-0.3, -0.25) is 4.79 Å². The first kappa shape index (κ1) is 50.4. The molecule has 0 aromatic rings. The summed E-state index contributed by atoms with van der Waals surface area (Å²) in [6.07, 6.45) is 43.5. The van der Waals surface area contributed by atoms with Gasteiger partial charge in [-0.25, -0.2) is 0 Å². The predicted octanol–water partition coefficient (Wildman–Crippen LogP) is 13.2. The number of amides is 1. The second kappa shape index (κ2) is 39.1. The van der Waals surface area contributed by atoms with E-state index in [4.69, 9.17) is 0 Å². The summed E-state index contributed by atoms with van der Waals surface area (Å²) >= 11 is 0. The van der Waals surface area contributed by atoms with Crippen molar-refractivity contribution in [3.63, 3.8) is 0 Å². The van der Waals surface area contributed by atoms with E-state index in [1.165, 1.54) is 173 Å². The van der Waals surface area contributed by atoms with Gasteiger partial charge < -0.3 is 20.6 Å². The molecule has 5 nitrogen and oxygen atoms in total. The van der Waals surface area contributed by atoms with Gasteiger partial charge in [0.25, 0.3) is 0 Å².